The van der Waals surface area contributed by atoms with Crippen LogP contribution in [0, 0.1) is 0 Å². The van der Waals surface area contributed by atoms with Crippen molar-refractivity contribution in [2.45, 2.75) is 6.92 Å². The van der Waals surface area contributed by atoms with Gasteiger partial charge in [0.05, 0.1) is 13.7 Å². The molecule has 1 aromatic carbocycles. The number of nitrogens with zero attached hydrogens (tertiary/aromatic N) is 2. The van der Waals surface area contributed by atoms with Crippen LogP contribution in [0.1, 0.15) is 17.4 Å². The molecule has 0 unspecified atom stereocenters. The van der Waals surface area contributed by atoms with Crippen molar-refractivity contribution in [3.05, 3.63) is 28.4 Å². The van der Waals surface area contributed by atoms with E-state index < -0.39 is 5.97 Å². The Morgan fingerprint density at radius 2 is 2.21 bits per heavy atom. The Bertz CT molecular complexity index is 598. The third-order valence-electron chi connectivity index (χ3n) is 2.45. The number of carbonyl (C=O) groups excluding carboxylic acids is 1. The number of hydrogen-bond donors (Lipinski definition) is 1. The fraction of sp³-hybridized carbons (Fsp3) is 0.250. The third kappa shape index (κ3) is 2.76. The first-order valence-electron chi connectivity index (χ1n) is 5.59. The summed E-state index contributed by atoms with van der Waals surface area (Å²) in [6.45, 7) is 2.02. The van der Waals surface area contributed by atoms with Crippen LogP contribution < -0.4 is 4.74 Å². The number of methoxy groups -OCH3 is 1. The lowest BCUT2D eigenvalue weighted by atomic mass is 10.1. The van der Waals surface area contributed by atoms with E-state index in [0.717, 1.165) is 10.0 Å². The average molecular weight is 326 g/mol. The van der Waals surface area contributed by atoms with E-state index in [1.165, 1.54) is 0 Å². The lowest BCUT2D eigenvalue weighted by Crippen LogP contribution is -2.06. The van der Waals surface area contributed by atoms with E-state index in [1.54, 1.807) is 32.2 Å². The Morgan fingerprint density at radius 1 is 1.42 bits per heavy atom. The third-order valence-corrected chi connectivity index (χ3v) is 3.10. The molecule has 19 heavy (non-hydrogen) atoms. The summed E-state index contributed by atoms with van der Waals surface area (Å²) >= 11 is 3.42. The van der Waals surface area contributed by atoms with Gasteiger partial charge in [-0.05, 0) is 41.1 Å². The smallest absolute Gasteiger partial charge is 0.361 e. The summed E-state index contributed by atoms with van der Waals surface area (Å²) in [6.07, 6.45) is 0. The summed E-state index contributed by atoms with van der Waals surface area (Å²) in [5.74, 6) is 0.200. The number of hydrogen-bond acceptors (Lipinski definition) is 5. The van der Waals surface area contributed by atoms with E-state index in [2.05, 4.69) is 31.3 Å². The number of carbonyl (C=O) groups is 1. The SMILES string of the molecule is CCOC(=O)c1n[nH]nc1-c1ccc(OC)cc1Br. The molecule has 2 rings (SSSR count). The summed E-state index contributed by atoms with van der Waals surface area (Å²) in [6, 6.07) is 5.37. The number of ether oxygens (including phenoxy) is 2. The molecule has 7 heteroatoms. The van der Waals surface area contributed by atoms with Gasteiger partial charge >= 0.3 is 5.97 Å². The molecule has 0 fully saturated rings. The zero-order valence-electron chi connectivity index (χ0n) is 10.4. The Hall–Kier alpha value is -1.89. The fourth-order valence-corrected chi connectivity index (χ4v) is 2.12. The van der Waals surface area contributed by atoms with Crippen molar-refractivity contribution in [1.29, 1.82) is 0 Å². The van der Waals surface area contributed by atoms with Crippen molar-refractivity contribution in [3.63, 3.8) is 0 Å². The Kier molecular flexibility index (Phi) is 4.16. The molecule has 1 N–H and O–H groups in total. The predicted octanol–water partition coefficient (Wildman–Crippen LogP) is 2.42. The first-order valence-corrected chi connectivity index (χ1v) is 6.38. The minimum absolute atomic E-state index is 0.160. The van der Waals surface area contributed by atoms with Gasteiger partial charge in [0.15, 0.2) is 5.69 Å². The number of nitrogens with one attached hydrogen (secondary N) is 1. The highest BCUT2D eigenvalue weighted by atomic mass is 79.9. The molecule has 2 aromatic rings. The maximum Gasteiger partial charge on any atom is 0.361 e. The van der Waals surface area contributed by atoms with Gasteiger partial charge in [0.25, 0.3) is 0 Å². The molecular formula is C12H12BrN3O3. The first kappa shape index (κ1) is 13.5. The number of aromatic amines is 1. The van der Waals surface area contributed by atoms with Crippen LogP contribution in [0.15, 0.2) is 22.7 Å². The maximum atomic E-state index is 11.7. The molecule has 1 aromatic heterocycles. The molecule has 0 saturated heterocycles. The van der Waals surface area contributed by atoms with E-state index in [1.807, 2.05) is 0 Å². The van der Waals surface area contributed by atoms with Crippen LogP contribution in [0.5, 0.6) is 5.75 Å². The Labute approximate surface area is 118 Å². The molecule has 0 aliphatic rings. The second kappa shape index (κ2) is 5.83. The molecule has 0 atom stereocenters. The highest BCUT2D eigenvalue weighted by molar-refractivity contribution is 9.10. The number of H-pyrrole nitrogens is 1. The van der Waals surface area contributed by atoms with Gasteiger partial charge in [-0.2, -0.15) is 10.3 Å². The van der Waals surface area contributed by atoms with Crippen LogP contribution in [0.25, 0.3) is 11.3 Å². The Morgan fingerprint density at radius 3 is 2.84 bits per heavy atom. The molecule has 0 saturated carbocycles. The summed E-state index contributed by atoms with van der Waals surface area (Å²) in [5, 5.41) is 10.3. The molecule has 0 radical (unpaired) electrons. The monoisotopic (exact) mass is 325 g/mol. The van der Waals surface area contributed by atoms with Crippen molar-refractivity contribution >= 4 is 21.9 Å². The van der Waals surface area contributed by atoms with Gasteiger partial charge in [-0.1, -0.05) is 0 Å². The molecule has 0 amide bonds. The lowest BCUT2D eigenvalue weighted by Gasteiger charge is -2.05. The largest absolute Gasteiger partial charge is 0.497 e. The van der Waals surface area contributed by atoms with Crippen molar-refractivity contribution in [2.24, 2.45) is 0 Å². The van der Waals surface area contributed by atoms with Gasteiger partial charge in [0.1, 0.15) is 11.4 Å². The molecule has 0 spiro atoms. The van der Waals surface area contributed by atoms with Crippen molar-refractivity contribution in [1.82, 2.24) is 15.4 Å². The standard InChI is InChI=1S/C12H12BrN3O3/c1-3-19-12(17)11-10(14-16-15-11)8-5-4-7(18-2)6-9(8)13/h4-6H,3H2,1-2H3,(H,14,15,16). The van der Waals surface area contributed by atoms with Crippen LogP contribution in [0.3, 0.4) is 0 Å². The quantitative estimate of drug-likeness (QED) is 0.873. The van der Waals surface area contributed by atoms with Crippen LogP contribution in [0.4, 0.5) is 0 Å². The number of aromatic nitrogens is 3. The van der Waals surface area contributed by atoms with Crippen molar-refractivity contribution in [2.75, 3.05) is 13.7 Å². The second-order valence-electron chi connectivity index (χ2n) is 3.59. The second-order valence-corrected chi connectivity index (χ2v) is 4.44. The van der Waals surface area contributed by atoms with Gasteiger partial charge < -0.3 is 9.47 Å². The number of benzene rings is 1. The molecule has 0 aliphatic carbocycles. The normalized spacial score (nSPS) is 10.3. The summed E-state index contributed by atoms with van der Waals surface area (Å²) < 4.78 is 10.8. The summed E-state index contributed by atoms with van der Waals surface area (Å²) in [5.41, 5.74) is 1.33. The molecule has 100 valence electrons. The van der Waals surface area contributed by atoms with Gasteiger partial charge in [-0.25, -0.2) is 4.79 Å². The summed E-state index contributed by atoms with van der Waals surface area (Å²) in [7, 11) is 1.58. The molecule has 0 bridgehead atoms. The van der Waals surface area contributed by atoms with Crippen LogP contribution in [0.2, 0.25) is 0 Å². The molecular weight excluding hydrogens is 314 g/mol. The molecule has 6 nitrogen and oxygen atoms in total. The van der Waals surface area contributed by atoms with E-state index >= 15 is 0 Å². The van der Waals surface area contributed by atoms with Crippen LogP contribution in [-0.4, -0.2) is 35.1 Å². The van der Waals surface area contributed by atoms with Crippen LogP contribution >= 0.6 is 15.9 Å². The number of halogens is 1. The van der Waals surface area contributed by atoms with E-state index in [-0.39, 0.29) is 12.3 Å². The summed E-state index contributed by atoms with van der Waals surface area (Å²) in [4.78, 5) is 11.7. The lowest BCUT2D eigenvalue weighted by molar-refractivity contribution is 0.0520. The van der Waals surface area contributed by atoms with Gasteiger partial charge in [0, 0.05) is 10.0 Å². The van der Waals surface area contributed by atoms with Gasteiger partial charge in [0.2, 0.25) is 0 Å². The maximum absolute atomic E-state index is 11.7. The molecule has 0 aliphatic heterocycles. The highest BCUT2D eigenvalue weighted by Crippen LogP contribution is 2.31. The van der Waals surface area contributed by atoms with Gasteiger partial charge in [-0.15, -0.1) is 5.10 Å². The van der Waals surface area contributed by atoms with Crippen LogP contribution in [-0.2, 0) is 4.74 Å². The first-order chi connectivity index (χ1) is 9.17. The zero-order chi connectivity index (χ0) is 13.8. The number of esters is 1. The minimum Gasteiger partial charge on any atom is -0.497 e. The predicted molar refractivity (Wildman–Crippen MR) is 72.0 cm³/mol. The van der Waals surface area contributed by atoms with Crippen molar-refractivity contribution < 1.29 is 14.3 Å². The van der Waals surface area contributed by atoms with Crippen molar-refractivity contribution in [3.8, 4) is 17.0 Å². The van der Waals surface area contributed by atoms with Gasteiger partial charge in [-0.3, -0.25) is 0 Å². The minimum atomic E-state index is -0.506. The molecule has 1 heterocycles. The zero-order valence-corrected chi connectivity index (χ0v) is 12.0. The van der Waals surface area contributed by atoms with E-state index in [4.69, 9.17) is 9.47 Å². The fourth-order valence-electron chi connectivity index (χ4n) is 1.58. The highest BCUT2D eigenvalue weighted by Gasteiger charge is 2.20. The topological polar surface area (TPSA) is 77.1 Å². The Balaban J connectivity index is 2.42. The van der Waals surface area contributed by atoms with E-state index in [0.29, 0.717) is 11.4 Å². The number of rotatable bonds is 4. The van der Waals surface area contributed by atoms with E-state index in [9.17, 15) is 4.79 Å². The average Bonchev–Trinajstić information content (AvgIpc) is 2.88.